The topological polar surface area (TPSA) is 99.2 Å². The molecule has 1 aromatic rings. The summed E-state index contributed by atoms with van der Waals surface area (Å²) in [7, 11) is 0. The molecule has 0 aromatic carbocycles. The number of rotatable bonds is 2. The number of carboxylic acids is 1. The van der Waals surface area contributed by atoms with Gasteiger partial charge in [0.05, 0.1) is 5.92 Å². The maximum atomic E-state index is 12.6. The Hall–Kier alpha value is -1.92. The van der Waals surface area contributed by atoms with Crippen LogP contribution in [0.2, 0.25) is 0 Å². The predicted molar refractivity (Wildman–Crippen MR) is 73.8 cm³/mol. The fourth-order valence-electron chi connectivity index (χ4n) is 3.38. The highest BCUT2D eigenvalue weighted by molar-refractivity contribution is 5.92. The van der Waals surface area contributed by atoms with Gasteiger partial charge in [-0.3, -0.25) is 14.7 Å². The molecule has 3 atom stereocenters. The quantitative estimate of drug-likeness (QED) is 0.852. The van der Waals surface area contributed by atoms with E-state index in [1.165, 1.54) is 0 Å². The number of amides is 1. The lowest BCUT2D eigenvalue weighted by molar-refractivity contribution is -0.142. The van der Waals surface area contributed by atoms with E-state index in [0.29, 0.717) is 12.2 Å². The van der Waals surface area contributed by atoms with Gasteiger partial charge in [0.25, 0.3) is 5.91 Å². The first-order valence-corrected chi connectivity index (χ1v) is 7.27. The maximum Gasteiger partial charge on any atom is 0.308 e. The molecule has 3 heterocycles. The minimum absolute atomic E-state index is 0.0141. The lowest BCUT2D eigenvalue weighted by Gasteiger charge is -2.21. The summed E-state index contributed by atoms with van der Waals surface area (Å²) >= 11 is 0. The Morgan fingerprint density at radius 3 is 2.57 bits per heavy atom. The molecule has 0 spiro atoms. The molecule has 3 unspecified atom stereocenters. The molecule has 21 heavy (non-hydrogen) atoms. The van der Waals surface area contributed by atoms with Gasteiger partial charge >= 0.3 is 5.97 Å². The molecule has 2 bridgehead atoms. The van der Waals surface area contributed by atoms with Crippen LogP contribution in [0.3, 0.4) is 0 Å². The van der Waals surface area contributed by atoms with E-state index in [-0.39, 0.29) is 29.2 Å². The summed E-state index contributed by atoms with van der Waals surface area (Å²) in [5.74, 6) is -0.716. The number of aliphatic carboxylic acids is 1. The van der Waals surface area contributed by atoms with Crippen molar-refractivity contribution < 1.29 is 14.7 Å². The summed E-state index contributed by atoms with van der Waals surface area (Å²) in [5, 5.41) is 16.1. The highest BCUT2D eigenvalue weighted by Crippen LogP contribution is 2.42. The number of hydrogen-bond donors (Lipinski definition) is 2. The Labute approximate surface area is 122 Å². The zero-order valence-corrected chi connectivity index (χ0v) is 12.5. The molecule has 3 rings (SSSR count). The number of nitrogens with one attached hydrogen (secondary N) is 1. The Kier molecular flexibility index (Phi) is 3.04. The lowest BCUT2D eigenvalue weighted by atomic mass is 9.89. The van der Waals surface area contributed by atoms with Crippen LogP contribution in [-0.4, -0.2) is 49.1 Å². The van der Waals surface area contributed by atoms with Crippen LogP contribution in [0.25, 0.3) is 0 Å². The van der Waals surface area contributed by atoms with Gasteiger partial charge in [-0.15, -0.1) is 5.10 Å². The summed E-state index contributed by atoms with van der Waals surface area (Å²) in [5.41, 5.74) is -0.209. The standard InChI is InChI=1S/C14H20N4O3/c1-14(2,3)13-15-10(16-17-13)11(19)18-7-4-5-9(18)8(6-7)12(20)21/h7-9H,4-6H2,1-3H3,(H,20,21)(H,15,16,17). The van der Waals surface area contributed by atoms with Crippen LogP contribution in [0, 0.1) is 5.92 Å². The van der Waals surface area contributed by atoms with Crippen LogP contribution in [0.5, 0.6) is 0 Å². The van der Waals surface area contributed by atoms with E-state index in [1.807, 2.05) is 20.8 Å². The first-order valence-electron chi connectivity index (χ1n) is 7.27. The molecular weight excluding hydrogens is 272 g/mol. The van der Waals surface area contributed by atoms with E-state index < -0.39 is 11.9 Å². The second kappa shape index (κ2) is 4.54. The SMILES string of the molecule is CC(C)(C)c1nc(C(=O)N2C3CCC2C(C(=O)O)C3)n[nH]1. The Morgan fingerprint density at radius 2 is 2.05 bits per heavy atom. The molecule has 0 saturated carbocycles. The van der Waals surface area contributed by atoms with E-state index in [9.17, 15) is 14.7 Å². The molecule has 2 N–H and O–H groups in total. The number of carbonyl (C=O) groups is 2. The molecule has 2 aliphatic heterocycles. The zero-order valence-electron chi connectivity index (χ0n) is 12.5. The molecule has 7 heteroatoms. The fraction of sp³-hybridized carbons (Fsp3) is 0.714. The average Bonchev–Trinajstić information content (AvgIpc) is 3.10. The number of fused-ring (bicyclic) bond motifs is 2. The number of aromatic nitrogens is 3. The number of nitrogens with zero attached hydrogens (tertiary/aromatic N) is 3. The van der Waals surface area contributed by atoms with Crippen molar-refractivity contribution in [2.45, 2.75) is 57.5 Å². The van der Waals surface area contributed by atoms with Gasteiger partial charge in [-0.2, -0.15) is 0 Å². The zero-order chi connectivity index (χ0) is 15.4. The van der Waals surface area contributed by atoms with E-state index in [1.54, 1.807) is 4.90 Å². The van der Waals surface area contributed by atoms with E-state index in [4.69, 9.17) is 0 Å². The van der Waals surface area contributed by atoms with Crippen LogP contribution < -0.4 is 0 Å². The summed E-state index contributed by atoms with van der Waals surface area (Å²) in [6, 6.07) is -0.197. The van der Waals surface area contributed by atoms with Crippen molar-refractivity contribution in [2.24, 2.45) is 5.92 Å². The highest BCUT2D eigenvalue weighted by Gasteiger charge is 2.52. The molecule has 1 amide bonds. The molecule has 0 radical (unpaired) electrons. The number of carboxylic acid groups (broad SMARTS) is 1. The van der Waals surface area contributed by atoms with E-state index in [2.05, 4.69) is 15.2 Å². The van der Waals surface area contributed by atoms with E-state index in [0.717, 1.165) is 12.8 Å². The lowest BCUT2D eigenvalue weighted by Crippen LogP contribution is -2.38. The van der Waals surface area contributed by atoms with Crippen molar-refractivity contribution in [1.29, 1.82) is 0 Å². The molecule has 7 nitrogen and oxygen atoms in total. The van der Waals surface area contributed by atoms with Crippen molar-refractivity contribution >= 4 is 11.9 Å². The highest BCUT2D eigenvalue weighted by atomic mass is 16.4. The number of aromatic amines is 1. The summed E-state index contributed by atoms with van der Waals surface area (Å²) in [6.45, 7) is 5.96. The second-order valence-electron chi connectivity index (χ2n) is 6.95. The molecular formula is C14H20N4O3. The number of hydrogen-bond acceptors (Lipinski definition) is 4. The maximum absolute atomic E-state index is 12.6. The van der Waals surface area contributed by atoms with Crippen LogP contribution in [-0.2, 0) is 10.2 Å². The third kappa shape index (κ3) is 2.20. The van der Waals surface area contributed by atoms with Crippen molar-refractivity contribution in [3.05, 3.63) is 11.6 Å². The van der Waals surface area contributed by atoms with Gasteiger partial charge < -0.3 is 10.0 Å². The second-order valence-corrected chi connectivity index (χ2v) is 6.95. The molecule has 2 saturated heterocycles. The normalized spacial score (nSPS) is 28.1. The fourth-order valence-corrected chi connectivity index (χ4v) is 3.38. The van der Waals surface area contributed by atoms with Gasteiger partial charge in [0.2, 0.25) is 5.82 Å². The van der Waals surface area contributed by atoms with Crippen LogP contribution in [0.15, 0.2) is 0 Å². The smallest absolute Gasteiger partial charge is 0.308 e. The monoisotopic (exact) mass is 292 g/mol. The van der Waals surface area contributed by atoms with Crippen LogP contribution >= 0.6 is 0 Å². The first-order chi connectivity index (χ1) is 9.79. The molecule has 114 valence electrons. The molecule has 0 aliphatic carbocycles. The summed E-state index contributed by atoms with van der Waals surface area (Å²) in [4.78, 5) is 29.8. The number of H-pyrrole nitrogens is 1. The average molecular weight is 292 g/mol. The molecule has 1 aromatic heterocycles. The van der Waals surface area contributed by atoms with Gasteiger partial charge in [0, 0.05) is 17.5 Å². The number of carbonyl (C=O) groups excluding carboxylic acids is 1. The van der Waals surface area contributed by atoms with Gasteiger partial charge in [0.15, 0.2) is 0 Å². The summed E-state index contributed by atoms with van der Waals surface area (Å²) < 4.78 is 0. The first kappa shape index (κ1) is 14.0. The third-order valence-electron chi connectivity index (χ3n) is 4.48. The summed E-state index contributed by atoms with van der Waals surface area (Å²) in [6.07, 6.45) is 2.17. The predicted octanol–water partition coefficient (Wildman–Crippen LogP) is 1.18. The third-order valence-corrected chi connectivity index (χ3v) is 4.48. The van der Waals surface area contributed by atoms with Gasteiger partial charge in [-0.25, -0.2) is 4.98 Å². The Morgan fingerprint density at radius 1 is 1.33 bits per heavy atom. The van der Waals surface area contributed by atoms with Crippen molar-refractivity contribution in [3.8, 4) is 0 Å². The van der Waals surface area contributed by atoms with Gasteiger partial charge in [0.1, 0.15) is 5.82 Å². The van der Waals surface area contributed by atoms with Crippen molar-refractivity contribution in [1.82, 2.24) is 20.1 Å². The minimum atomic E-state index is -0.814. The largest absolute Gasteiger partial charge is 0.481 e. The molecule has 2 aliphatic rings. The minimum Gasteiger partial charge on any atom is -0.481 e. The van der Waals surface area contributed by atoms with Crippen molar-refractivity contribution in [2.75, 3.05) is 0 Å². The van der Waals surface area contributed by atoms with Gasteiger partial charge in [-0.1, -0.05) is 20.8 Å². The van der Waals surface area contributed by atoms with Gasteiger partial charge in [-0.05, 0) is 19.3 Å². The Balaban J connectivity index is 1.83. The van der Waals surface area contributed by atoms with E-state index >= 15 is 0 Å². The molecule has 2 fully saturated rings. The van der Waals surface area contributed by atoms with Crippen molar-refractivity contribution in [3.63, 3.8) is 0 Å². The van der Waals surface area contributed by atoms with Crippen LogP contribution in [0.4, 0.5) is 0 Å². The van der Waals surface area contributed by atoms with Crippen LogP contribution in [0.1, 0.15) is 56.5 Å². The Bertz CT molecular complexity index is 589.